The first-order chi connectivity index (χ1) is 12.8. The van der Waals surface area contributed by atoms with Crippen molar-refractivity contribution in [1.29, 1.82) is 0 Å². The minimum Gasteiger partial charge on any atom is -0.352 e. The van der Waals surface area contributed by atoms with Gasteiger partial charge in [0.25, 0.3) is 0 Å². The van der Waals surface area contributed by atoms with Crippen LogP contribution in [0.4, 0.5) is 16.3 Å². The molecule has 0 atom stereocenters. The van der Waals surface area contributed by atoms with Gasteiger partial charge < -0.3 is 9.80 Å². The van der Waals surface area contributed by atoms with Crippen LogP contribution in [0.1, 0.15) is 0 Å². The molecule has 0 N–H and O–H groups in total. The van der Waals surface area contributed by atoms with Gasteiger partial charge >= 0.3 is 6.03 Å². The van der Waals surface area contributed by atoms with Crippen molar-refractivity contribution in [1.82, 2.24) is 9.88 Å². The number of rotatable bonds is 3. The molecular formula is C20H27ClN4OSi. The predicted octanol–water partition coefficient (Wildman–Crippen LogP) is 3.66. The molecule has 1 aromatic heterocycles. The Balaban J connectivity index is 1.62. The number of carbonyl (C=O) groups excluding carboxylic acids is 1. The van der Waals surface area contributed by atoms with Gasteiger partial charge in [-0.25, -0.2) is 9.78 Å². The van der Waals surface area contributed by atoms with Crippen LogP contribution in [-0.2, 0) is 0 Å². The van der Waals surface area contributed by atoms with E-state index in [0.717, 1.165) is 24.6 Å². The molecule has 1 saturated heterocycles. The Morgan fingerprint density at radius 2 is 1.70 bits per heavy atom. The third-order valence-electron chi connectivity index (χ3n) is 5.00. The number of aromatic nitrogens is 1. The van der Waals surface area contributed by atoms with E-state index >= 15 is 0 Å². The molecule has 0 spiro atoms. The smallest absolute Gasteiger partial charge is 0.324 e. The number of carbonyl (C=O) groups is 1. The van der Waals surface area contributed by atoms with E-state index in [-0.39, 0.29) is 6.03 Å². The van der Waals surface area contributed by atoms with E-state index in [1.165, 1.54) is 5.19 Å². The number of benzene rings is 1. The minimum atomic E-state index is -1.33. The van der Waals surface area contributed by atoms with E-state index in [2.05, 4.69) is 53.8 Å². The molecule has 2 aromatic rings. The lowest BCUT2D eigenvalue weighted by molar-refractivity contribution is 0.202. The van der Waals surface area contributed by atoms with E-state index in [1.54, 1.807) is 11.1 Å². The van der Waals surface area contributed by atoms with Gasteiger partial charge in [0.15, 0.2) is 0 Å². The van der Waals surface area contributed by atoms with Crippen LogP contribution in [0, 0.1) is 0 Å². The second kappa shape index (κ2) is 7.90. The maximum atomic E-state index is 12.9. The number of urea groups is 1. The molecule has 5 nitrogen and oxygen atoms in total. The van der Waals surface area contributed by atoms with Crippen LogP contribution in [0.15, 0.2) is 42.6 Å². The highest BCUT2D eigenvalue weighted by atomic mass is 35.5. The van der Waals surface area contributed by atoms with Crippen molar-refractivity contribution in [3.05, 3.63) is 47.6 Å². The van der Waals surface area contributed by atoms with Crippen LogP contribution < -0.4 is 15.0 Å². The molecule has 2 heterocycles. The summed E-state index contributed by atoms with van der Waals surface area (Å²) in [6, 6.07) is 12.1. The monoisotopic (exact) mass is 402 g/mol. The van der Waals surface area contributed by atoms with E-state index in [9.17, 15) is 4.79 Å². The van der Waals surface area contributed by atoms with Crippen molar-refractivity contribution in [2.45, 2.75) is 19.6 Å². The van der Waals surface area contributed by atoms with Crippen molar-refractivity contribution in [3.8, 4) is 0 Å². The molecule has 7 heteroatoms. The lowest BCUT2D eigenvalue weighted by Gasteiger charge is -2.37. The number of nitrogens with zero attached hydrogens (tertiary/aromatic N) is 4. The standard InChI is InChI=1S/C20H27ClN4OSi/c1-23(16-7-9-17(10-8-16)27(2,3)4)20(26)25-14-12-24(13-15-25)19-18(21)6-5-11-22-19/h5-11H,12-15H2,1-4H3. The van der Waals surface area contributed by atoms with Crippen LogP contribution >= 0.6 is 11.6 Å². The molecule has 1 aliphatic rings. The zero-order valence-corrected chi connectivity index (χ0v) is 18.2. The van der Waals surface area contributed by atoms with Gasteiger partial charge in [-0.2, -0.15) is 0 Å². The Hall–Kier alpha value is -2.05. The van der Waals surface area contributed by atoms with Gasteiger partial charge in [-0.15, -0.1) is 0 Å². The molecule has 0 bridgehead atoms. The fourth-order valence-electron chi connectivity index (χ4n) is 3.23. The zero-order chi connectivity index (χ0) is 19.6. The van der Waals surface area contributed by atoms with E-state index < -0.39 is 8.07 Å². The SMILES string of the molecule is CN(C(=O)N1CCN(c2ncccc2Cl)CC1)c1ccc([Si](C)(C)C)cc1. The fourth-order valence-corrected chi connectivity index (χ4v) is 4.63. The lowest BCUT2D eigenvalue weighted by Crippen LogP contribution is -2.52. The molecule has 0 radical (unpaired) electrons. The summed E-state index contributed by atoms with van der Waals surface area (Å²) in [6.07, 6.45) is 1.75. The molecule has 0 unspecified atom stereocenters. The molecule has 1 fully saturated rings. The highest BCUT2D eigenvalue weighted by molar-refractivity contribution is 6.88. The summed E-state index contributed by atoms with van der Waals surface area (Å²) in [5.41, 5.74) is 0.928. The fraction of sp³-hybridized carbons (Fsp3) is 0.400. The van der Waals surface area contributed by atoms with Crippen LogP contribution in [0.5, 0.6) is 0 Å². The minimum absolute atomic E-state index is 0.0301. The first kappa shape index (κ1) is 19.7. The molecule has 0 aliphatic carbocycles. The van der Waals surface area contributed by atoms with Gasteiger partial charge in [-0.1, -0.05) is 48.6 Å². The van der Waals surface area contributed by atoms with Gasteiger partial charge in [0.1, 0.15) is 5.82 Å². The summed E-state index contributed by atoms with van der Waals surface area (Å²) in [5.74, 6) is 0.793. The number of hydrogen-bond acceptors (Lipinski definition) is 3. The number of hydrogen-bond donors (Lipinski definition) is 0. The number of piperazine rings is 1. The van der Waals surface area contributed by atoms with Crippen LogP contribution in [0.3, 0.4) is 0 Å². The number of amides is 2. The summed E-state index contributed by atoms with van der Waals surface area (Å²) in [7, 11) is 0.510. The Morgan fingerprint density at radius 3 is 2.26 bits per heavy atom. The molecule has 2 amide bonds. The molecule has 27 heavy (non-hydrogen) atoms. The van der Waals surface area contributed by atoms with Gasteiger partial charge in [0.2, 0.25) is 0 Å². The van der Waals surface area contributed by atoms with Crippen LogP contribution in [0.25, 0.3) is 0 Å². The van der Waals surface area contributed by atoms with Crippen LogP contribution in [-0.4, -0.2) is 57.2 Å². The summed E-state index contributed by atoms with van der Waals surface area (Å²) >= 11 is 6.24. The summed E-state index contributed by atoms with van der Waals surface area (Å²) < 4.78 is 0. The Morgan fingerprint density at radius 1 is 1.07 bits per heavy atom. The van der Waals surface area contributed by atoms with Gasteiger partial charge in [0.05, 0.1) is 13.1 Å². The topological polar surface area (TPSA) is 39.7 Å². The first-order valence-corrected chi connectivity index (χ1v) is 13.1. The van der Waals surface area contributed by atoms with E-state index in [4.69, 9.17) is 11.6 Å². The second-order valence-corrected chi connectivity index (χ2v) is 13.4. The summed E-state index contributed by atoms with van der Waals surface area (Å²) in [6.45, 7) is 9.74. The molecule has 1 aliphatic heterocycles. The van der Waals surface area contributed by atoms with Crippen molar-refractivity contribution in [3.63, 3.8) is 0 Å². The number of pyridine rings is 1. The van der Waals surface area contributed by atoms with E-state index in [0.29, 0.717) is 18.1 Å². The molecule has 144 valence electrons. The number of halogens is 1. The maximum absolute atomic E-state index is 12.9. The summed E-state index contributed by atoms with van der Waals surface area (Å²) in [5, 5.41) is 2.05. The van der Waals surface area contributed by atoms with Crippen molar-refractivity contribution in [2.24, 2.45) is 0 Å². The summed E-state index contributed by atoms with van der Waals surface area (Å²) in [4.78, 5) is 23.0. The highest BCUT2D eigenvalue weighted by Gasteiger charge is 2.26. The van der Waals surface area contributed by atoms with Gasteiger partial charge in [0, 0.05) is 45.1 Å². The Bertz CT molecular complexity index is 798. The lowest BCUT2D eigenvalue weighted by atomic mass is 10.3. The Labute approximate surface area is 167 Å². The molecule has 1 aromatic carbocycles. The third-order valence-corrected chi connectivity index (χ3v) is 7.36. The highest BCUT2D eigenvalue weighted by Crippen LogP contribution is 2.24. The average Bonchev–Trinajstić information content (AvgIpc) is 2.67. The molecule has 3 rings (SSSR count). The quantitative estimate of drug-likeness (QED) is 0.735. The van der Waals surface area contributed by atoms with Gasteiger partial charge in [-0.3, -0.25) is 4.90 Å². The molecular weight excluding hydrogens is 376 g/mol. The normalized spacial score (nSPS) is 15.0. The largest absolute Gasteiger partial charge is 0.352 e. The first-order valence-electron chi connectivity index (χ1n) is 9.26. The molecule has 0 saturated carbocycles. The maximum Gasteiger partial charge on any atom is 0.324 e. The number of anilines is 2. The zero-order valence-electron chi connectivity index (χ0n) is 16.4. The van der Waals surface area contributed by atoms with Gasteiger partial charge in [-0.05, 0) is 24.3 Å². The van der Waals surface area contributed by atoms with Crippen LogP contribution in [0.2, 0.25) is 24.7 Å². The van der Waals surface area contributed by atoms with Crippen molar-refractivity contribution < 1.29 is 4.79 Å². The average molecular weight is 403 g/mol. The van der Waals surface area contributed by atoms with Crippen molar-refractivity contribution in [2.75, 3.05) is 43.0 Å². The third kappa shape index (κ3) is 4.44. The second-order valence-electron chi connectivity index (χ2n) is 7.92. The van der Waals surface area contributed by atoms with E-state index in [1.807, 2.05) is 24.1 Å². The Kier molecular flexibility index (Phi) is 5.77. The predicted molar refractivity (Wildman–Crippen MR) is 116 cm³/mol. The van der Waals surface area contributed by atoms with Crippen molar-refractivity contribution >= 4 is 42.4 Å².